The molecule has 0 atom stereocenters. The molecule has 15 heavy (non-hydrogen) atoms. The summed E-state index contributed by atoms with van der Waals surface area (Å²) in [5.74, 6) is -0.529. The standard InChI is InChI=1S/C8H4ClF3O2S/c9-7(13)4-1-5(3-6(15)2-4)14-8(10,11)12/h1-3,15H. The van der Waals surface area contributed by atoms with Gasteiger partial charge in [-0.1, -0.05) is 0 Å². The number of alkyl halides is 3. The molecule has 0 unspecified atom stereocenters. The fourth-order valence-electron chi connectivity index (χ4n) is 0.889. The minimum Gasteiger partial charge on any atom is -0.406 e. The molecular weight excluding hydrogens is 253 g/mol. The molecule has 0 aliphatic carbocycles. The number of hydrogen-bond acceptors (Lipinski definition) is 3. The van der Waals surface area contributed by atoms with Crippen molar-refractivity contribution in [3.8, 4) is 5.75 Å². The summed E-state index contributed by atoms with van der Waals surface area (Å²) < 4.78 is 39.1. The summed E-state index contributed by atoms with van der Waals surface area (Å²) in [5, 5.41) is -0.877. The van der Waals surface area contributed by atoms with Crippen molar-refractivity contribution in [3.63, 3.8) is 0 Å². The lowest BCUT2D eigenvalue weighted by molar-refractivity contribution is -0.274. The van der Waals surface area contributed by atoms with Crippen LogP contribution in [-0.4, -0.2) is 11.6 Å². The third kappa shape index (κ3) is 4.01. The van der Waals surface area contributed by atoms with Gasteiger partial charge in [-0.05, 0) is 29.8 Å². The zero-order valence-electron chi connectivity index (χ0n) is 7.01. The second kappa shape index (κ2) is 4.32. The molecule has 0 N–H and O–H groups in total. The van der Waals surface area contributed by atoms with E-state index in [1.54, 1.807) is 0 Å². The molecule has 0 spiro atoms. The van der Waals surface area contributed by atoms with Crippen LogP contribution in [0.15, 0.2) is 23.1 Å². The topological polar surface area (TPSA) is 26.3 Å². The van der Waals surface area contributed by atoms with Crippen LogP contribution < -0.4 is 4.74 Å². The minimum absolute atomic E-state index is 0.108. The van der Waals surface area contributed by atoms with Crippen molar-refractivity contribution in [2.75, 3.05) is 0 Å². The Morgan fingerprint density at radius 2 is 1.93 bits per heavy atom. The Morgan fingerprint density at radius 1 is 1.33 bits per heavy atom. The highest BCUT2D eigenvalue weighted by Gasteiger charge is 2.31. The zero-order chi connectivity index (χ0) is 11.6. The molecule has 1 aromatic rings. The van der Waals surface area contributed by atoms with Crippen LogP contribution in [0.4, 0.5) is 13.2 Å². The molecule has 0 heterocycles. The molecule has 0 aliphatic heterocycles. The van der Waals surface area contributed by atoms with Crippen LogP contribution in [0.3, 0.4) is 0 Å². The van der Waals surface area contributed by atoms with Crippen molar-refractivity contribution in [2.24, 2.45) is 0 Å². The van der Waals surface area contributed by atoms with Crippen LogP contribution in [0.1, 0.15) is 10.4 Å². The van der Waals surface area contributed by atoms with Gasteiger partial charge in [-0.2, -0.15) is 0 Å². The number of rotatable bonds is 2. The Morgan fingerprint density at radius 3 is 2.40 bits per heavy atom. The molecule has 0 bridgehead atoms. The van der Waals surface area contributed by atoms with Gasteiger partial charge in [0.15, 0.2) is 0 Å². The first kappa shape index (κ1) is 12.2. The number of carbonyl (C=O) groups excluding carboxylic acids is 1. The average molecular weight is 257 g/mol. The molecule has 0 aliphatic rings. The molecule has 1 aromatic carbocycles. The summed E-state index contributed by atoms with van der Waals surface area (Å²) in [6.45, 7) is 0. The molecule has 82 valence electrons. The predicted octanol–water partition coefficient (Wildman–Crippen LogP) is 3.25. The van der Waals surface area contributed by atoms with E-state index in [1.165, 1.54) is 6.07 Å². The molecule has 1 rings (SSSR count). The maximum Gasteiger partial charge on any atom is 0.573 e. The molecule has 2 nitrogen and oxygen atoms in total. The summed E-state index contributed by atoms with van der Waals surface area (Å²) in [6.07, 6.45) is -4.81. The number of benzene rings is 1. The van der Waals surface area contributed by atoms with Gasteiger partial charge in [0.2, 0.25) is 0 Å². The van der Waals surface area contributed by atoms with Gasteiger partial charge < -0.3 is 4.74 Å². The highest BCUT2D eigenvalue weighted by Crippen LogP contribution is 2.26. The van der Waals surface area contributed by atoms with E-state index in [9.17, 15) is 18.0 Å². The smallest absolute Gasteiger partial charge is 0.406 e. The quantitative estimate of drug-likeness (QED) is 0.649. The second-order valence-corrected chi connectivity index (χ2v) is 3.40. The van der Waals surface area contributed by atoms with Gasteiger partial charge in [0.25, 0.3) is 5.24 Å². The van der Waals surface area contributed by atoms with E-state index in [-0.39, 0.29) is 10.5 Å². The molecule has 0 amide bonds. The van der Waals surface area contributed by atoms with Crippen LogP contribution in [0.25, 0.3) is 0 Å². The minimum atomic E-state index is -4.81. The van der Waals surface area contributed by atoms with Crippen LogP contribution in [0.2, 0.25) is 0 Å². The van der Waals surface area contributed by atoms with Gasteiger partial charge >= 0.3 is 6.36 Å². The first-order valence-corrected chi connectivity index (χ1v) is 4.40. The number of thiol groups is 1. The number of ether oxygens (including phenoxy) is 1. The Hall–Kier alpha value is -0.880. The van der Waals surface area contributed by atoms with Crippen molar-refractivity contribution in [2.45, 2.75) is 11.3 Å². The van der Waals surface area contributed by atoms with Crippen LogP contribution in [0, 0.1) is 0 Å². The Balaban J connectivity index is 3.04. The number of hydrogen-bond donors (Lipinski definition) is 1. The molecule has 0 aromatic heterocycles. The van der Waals surface area contributed by atoms with Crippen LogP contribution >= 0.6 is 24.2 Å². The Kier molecular flexibility index (Phi) is 3.51. The fraction of sp³-hybridized carbons (Fsp3) is 0.125. The highest BCUT2D eigenvalue weighted by molar-refractivity contribution is 7.80. The van der Waals surface area contributed by atoms with E-state index in [4.69, 9.17) is 11.6 Å². The van der Waals surface area contributed by atoms with E-state index in [2.05, 4.69) is 17.4 Å². The van der Waals surface area contributed by atoms with Gasteiger partial charge in [0, 0.05) is 10.5 Å². The van der Waals surface area contributed by atoms with E-state index in [0.717, 1.165) is 12.1 Å². The van der Waals surface area contributed by atoms with Gasteiger partial charge in [-0.15, -0.1) is 25.8 Å². The SMILES string of the molecule is O=C(Cl)c1cc(S)cc(OC(F)(F)F)c1. The summed E-state index contributed by atoms with van der Waals surface area (Å²) in [4.78, 5) is 10.9. The van der Waals surface area contributed by atoms with Gasteiger partial charge in [-0.3, -0.25) is 4.79 Å². The molecule has 0 saturated heterocycles. The van der Waals surface area contributed by atoms with Gasteiger partial charge in [0.1, 0.15) is 5.75 Å². The fourth-order valence-corrected chi connectivity index (χ4v) is 1.26. The maximum absolute atomic E-state index is 11.8. The van der Waals surface area contributed by atoms with Crippen molar-refractivity contribution in [3.05, 3.63) is 23.8 Å². The molecular formula is C8H4ClF3O2S. The average Bonchev–Trinajstić information content (AvgIpc) is 1.99. The Bertz CT molecular complexity index is 392. The first-order chi connectivity index (χ1) is 6.78. The van der Waals surface area contributed by atoms with Gasteiger partial charge in [0.05, 0.1) is 0 Å². The highest BCUT2D eigenvalue weighted by atomic mass is 35.5. The summed E-state index contributed by atoms with van der Waals surface area (Å²) in [5.41, 5.74) is -0.108. The third-order valence-electron chi connectivity index (χ3n) is 1.35. The second-order valence-electron chi connectivity index (χ2n) is 2.54. The molecule has 0 saturated carbocycles. The van der Waals surface area contributed by atoms with E-state index in [0.29, 0.717) is 0 Å². The summed E-state index contributed by atoms with van der Waals surface area (Å²) in [6, 6.07) is 3.16. The largest absolute Gasteiger partial charge is 0.573 e. The third-order valence-corrected chi connectivity index (χ3v) is 1.83. The van der Waals surface area contributed by atoms with Crippen molar-refractivity contribution in [1.29, 1.82) is 0 Å². The molecule has 0 radical (unpaired) electrons. The lowest BCUT2D eigenvalue weighted by Crippen LogP contribution is -2.17. The molecule has 0 fully saturated rings. The molecule has 7 heteroatoms. The van der Waals surface area contributed by atoms with E-state index in [1.807, 2.05) is 0 Å². The Labute approximate surface area is 93.4 Å². The normalized spacial score (nSPS) is 11.3. The summed E-state index contributed by atoms with van der Waals surface area (Å²) >= 11 is 8.92. The maximum atomic E-state index is 11.8. The van der Waals surface area contributed by atoms with Crippen molar-refractivity contribution < 1.29 is 22.7 Å². The van der Waals surface area contributed by atoms with E-state index >= 15 is 0 Å². The lowest BCUT2D eigenvalue weighted by atomic mass is 10.2. The van der Waals surface area contributed by atoms with E-state index < -0.39 is 17.4 Å². The monoisotopic (exact) mass is 256 g/mol. The van der Waals surface area contributed by atoms with Crippen LogP contribution in [0.5, 0.6) is 5.75 Å². The van der Waals surface area contributed by atoms with Gasteiger partial charge in [-0.25, -0.2) is 0 Å². The zero-order valence-corrected chi connectivity index (χ0v) is 8.66. The van der Waals surface area contributed by atoms with Crippen molar-refractivity contribution in [1.82, 2.24) is 0 Å². The summed E-state index contributed by atoms with van der Waals surface area (Å²) in [7, 11) is 0. The number of carbonyl (C=O) groups is 1. The predicted molar refractivity (Wildman–Crippen MR) is 50.6 cm³/mol. The van der Waals surface area contributed by atoms with Crippen LogP contribution in [-0.2, 0) is 0 Å². The first-order valence-electron chi connectivity index (χ1n) is 3.57. The van der Waals surface area contributed by atoms with Crippen molar-refractivity contribution >= 4 is 29.5 Å². The lowest BCUT2D eigenvalue weighted by Gasteiger charge is -2.09. The number of halogens is 4.